The first kappa shape index (κ1) is 17.1. The van der Waals surface area contributed by atoms with Gasteiger partial charge in [-0.2, -0.15) is 0 Å². The lowest BCUT2D eigenvalue weighted by molar-refractivity contribution is 0.306. The largest absolute Gasteiger partial charge is 0.489 e. The van der Waals surface area contributed by atoms with Crippen molar-refractivity contribution in [3.05, 3.63) is 63.6 Å². The van der Waals surface area contributed by atoms with E-state index in [9.17, 15) is 0 Å². The van der Waals surface area contributed by atoms with Crippen LogP contribution in [0.15, 0.2) is 42.5 Å². The van der Waals surface area contributed by atoms with Crippen LogP contribution in [0.5, 0.6) is 5.75 Å². The van der Waals surface area contributed by atoms with Crippen LogP contribution in [0, 0.1) is 0 Å². The Hall–Kier alpha value is -1.22. The molecule has 0 aliphatic rings. The summed E-state index contributed by atoms with van der Waals surface area (Å²) in [5.74, 6) is 0.849. The maximum Gasteiger partial charge on any atom is 0.119 e. The van der Waals surface area contributed by atoms with Crippen LogP contribution >= 0.6 is 23.2 Å². The zero-order chi connectivity index (χ0) is 15.9. The number of aryl methyl sites for hydroxylation is 1. The summed E-state index contributed by atoms with van der Waals surface area (Å²) in [7, 11) is 4.19. The Labute approximate surface area is 142 Å². The second kappa shape index (κ2) is 8.42. The molecule has 0 amide bonds. The van der Waals surface area contributed by atoms with E-state index in [0.717, 1.165) is 30.7 Å². The topological polar surface area (TPSA) is 12.5 Å². The van der Waals surface area contributed by atoms with Gasteiger partial charge >= 0.3 is 0 Å². The predicted molar refractivity (Wildman–Crippen MR) is 94.1 cm³/mol. The molecule has 4 heteroatoms. The van der Waals surface area contributed by atoms with Crippen molar-refractivity contribution < 1.29 is 4.74 Å². The van der Waals surface area contributed by atoms with Gasteiger partial charge in [0.25, 0.3) is 0 Å². The van der Waals surface area contributed by atoms with Crippen LogP contribution in [0.25, 0.3) is 0 Å². The lowest BCUT2D eigenvalue weighted by Crippen LogP contribution is -2.13. The molecule has 2 aromatic carbocycles. The molecular weight excluding hydrogens is 317 g/mol. The van der Waals surface area contributed by atoms with Crippen molar-refractivity contribution in [3.63, 3.8) is 0 Å². The Morgan fingerprint density at radius 2 is 1.73 bits per heavy atom. The molecule has 2 nitrogen and oxygen atoms in total. The molecule has 0 unspecified atom stereocenters. The standard InChI is InChI=1S/C18H21Cl2NO/c1-21(2)11-3-4-14-5-9-17(10-6-14)22-13-15-7-8-16(19)12-18(15)20/h5-10,12H,3-4,11,13H2,1-2H3. The summed E-state index contributed by atoms with van der Waals surface area (Å²) < 4.78 is 5.77. The quantitative estimate of drug-likeness (QED) is 0.699. The molecule has 2 rings (SSSR count). The molecule has 0 saturated carbocycles. The third-order valence-corrected chi connectivity index (χ3v) is 3.99. The first-order valence-electron chi connectivity index (χ1n) is 7.35. The third kappa shape index (κ3) is 5.53. The van der Waals surface area contributed by atoms with Crippen molar-refractivity contribution in [2.24, 2.45) is 0 Å². The lowest BCUT2D eigenvalue weighted by Gasteiger charge is -2.10. The molecule has 0 saturated heterocycles. The van der Waals surface area contributed by atoms with Crippen molar-refractivity contribution in [2.75, 3.05) is 20.6 Å². The van der Waals surface area contributed by atoms with Gasteiger partial charge in [-0.15, -0.1) is 0 Å². The number of nitrogens with zero attached hydrogens (tertiary/aromatic N) is 1. The van der Waals surface area contributed by atoms with E-state index in [1.54, 1.807) is 6.07 Å². The molecule has 2 aromatic rings. The van der Waals surface area contributed by atoms with E-state index in [-0.39, 0.29) is 0 Å². The number of hydrogen-bond donors (Lipinski definition) is 0. The third-order valence-electron chi connectivity index (χ3n) is 3.40. The fourth-order valence-corrected chi connectivity index (χ4v) is 2.61. The number of benzene rings is 2. The van der Waals surface area contributed by atoms with E-state index in [4.69, 9.17) is 27.9 Å². The van der Waals surface area contributed by atoms with Crippen LogP contribution in [0.1, 0.15) is 17.5 Å². The second-order valence-corrected chi connectivity index (χ2v) is 6.42. The zero-order valence-electron chi connectivity index (χ0n) is 13.0. The highest BCUT2D eigenvalue weighted by atomic mass is 35.5. The molecule has 0 spiro atoms. The minimum atomic E-state index is 0.440. The SMILES string of the molecule is CN(C)CCCc1ccc(OCc2ccc(Cl)cc2Cl)cc1. The van der Waals surface area contributed by atoms with E-state index < -0.39 is 0 Å². The van der Waals surface area contributed by atoms with Crippen LogP contribution in [-0.2, 0) is 13.0 Å². The molecule has 0 N–H and O–H groups in total. The van der Waals surface area contributed by atoms with Crippen LogP contribution < -0.4 is 4.74 Å². The van der Waals surface area contributed by atoms with E-state index in [2.05, 4.69) is 31.1 Å². The van der Waals surface area contributed by atoms with Crippen molar-refractivity contribution in [2.45, 2.75) is 19.4 Å². The number of halogens is 2. The Morgan fingerprint density at radius 3 is 2.36 bits per heavy atom. The fraction of sp³-hybridized carbons (Fsp3) is 0.333. The fourth-order valence-electron chi connectivity index (χ4n) is 2.15. The van der Waals surface area contributed by atoms with E-state index >= 15 is 0 Å². The summed E-state index contributed by atoms with van der Waals surface area (Å²) in [6.45, 7) is 1.54. The van der Waals surface area contributed by atoms with Gasteiger partial charge in [-0.05, 0) is 63.3 Å². The number of hydrogen-bond acceptors (Lipinski definition) is 2. The van der Waals surface area contributed by atoms with Gasteiger partial charge in [0, 0.05) is 15.6 Å². The molecule has 0 bridgehead atoms. The molecule has 0 radical (unpaired) electrons. The normalized spacial score (nSPS) is 11.0. The molecule has 118 valence electrons. The monoisotopic (exact) mass is 337 g/mol. The maximum absolute atomic E-state index is 6.14. The van der Waals surface area contributed by atoms with Crippen molar-refractivity contribution >= 4 is 23.2 Å². The van der Waals surface area contributed by atoms with Gasteiger partial charge in [-0.25, -0.2) is 0 Å². The Balaban J connectivity index is 1.86. The van der Waals surface area contributed by atoms with Gasteiger partial charge in [-0.3, -0.25) is 0 Å². The summed E-state index contributed by atoms with van der Waals surface area (Å²) >= 11 is 12.0. The molecule has 0 heterocycles. The summed E-state index contributed by atoms with van der Waals surface area (Å²) in [5.41, 5.74) is 2.26. The van der Waals surface area contributed by atoms with Gasteiger partial charge in [0.15, 0.2) is 0 Å². The molecule has 0 aliphatic heterocycles. The maximum atomic E-state index is 6.14. The van der Waals surface area contributed by atoms with E-state index in [1.165, 1.54) is 5.56 Å². The summed E-state index contributed by atoms with van der Waals surface area (Å²) in [6.07, 6.45) is 2.25. The predicted octanol–water partition coefficient (Wildman–Crippen LogP) is 5.07. The first-order chi connectivity index (χ1) is 10.5. The summed E-state index contributed by atoms with van der Waals surface area (Å²) in [4.78, 5) is 2.20. The number of ether oxygens (including phenoxy) is 1. The average molecular weight is 338 g/mol. The minimum absolute atomic E-state index is 0.440. The molecule has 0 aromatic heterocycles. The summed E-state index contributed by atoms with van der Waals surface area (Å²) in [6, 6.07) is 13.7. The van der Waals surface area contributed by atoms with Gasteiger partial charge in [0.1, 0.15) is 12.4 Å². The Morgan fingerprint density at radius 1 is 1.00 bits per heavy atom. The highest BCUT2D eigenvalue weighted by Gasteiger charge is 2.03. The van der Waals surface area contributed by atoms with Crippen LogP contribution in [0.3, 0.4) is 0 Å². The Bertz CT molecular complexity index is 597. The minimum Gasteiger partial charge on any atom is -0.489 e. The van der Waals surface area contributed by atoms with Crippen molar-refractivity contribution in [1.82, 2.24) is 4.90 Å². The van der Waals surface area contributed by atoms with E-state index in [1.807, 2.05) is 24.3 Å². The second-order valence-electron chi connectivity index (χ2n) is 5.58. The molecule has 22 heavy (non-hydrogen) atoms. The molecule has 0 aliphatic carbocycles. The Kier molecular flexibility index (Phi) is 6.56. The van der Waals surface area contributed by atoms with Gasteiger partial charge < -0.3 is 9.64 Å². The van der Waals surface area contributed by atoms with Gasteiger partial charge in [-0.1, -0.05) is 41.4 Å². The molecular formula is C18H21Cl2NO. The highest BCUT2D eigenvalue weighted by molar-refractivity contribution is 6.35. The smallest absolute Gasteiger partial charge is 0.119 e. The molecule has 0 atom stereocenters. The number of rotatable bonds is 7. The highest BCUT2D eigenvalue weighted by Crippen LogP contribution is 2.23. The average Bonchev–Trinajstić information content (AvgIpc) is 2.47. The van der Waals surface area contributed by atoms with Crippen LogP contribution in [0.4, 0.5) is 0 Å². The van der Waals surface area contributed by atoms with E-state index in [0.29, 0.717) is 16.7 Å². The van der Waals surface area contributed by atoms with Crippen molar-refractivity contribution in [1.29, 1.82) is 0 Å². The molecule has 0 fully saturated rings. The van der Waals surface area contributed by atoms with Gasteiger partial charge in [0.05, 0.1) is 0 Å². The zero-order valence-corrected chi connectivity index (χ0v) is 14.5. The van der Waals surface area contributed by atoms with Crippen LogP contribution in [0.2, 0.25) is 10.0 Å². The summed E-state index contributed by atoms with van der Waals surface area (Å²) in [5, 5.41) is 1.27. The van der Waals surface area contributed by atoms with Crippen molar-refractivity contribution in [3.8, 4) is 5.75 Å². The first-order valence-corrected chi connectivity index (χ1v) is 8.10. The lowest BCUT2D eigenvalue weighted by atomic mass is 10.1. The van der Waals surface area contributed by atoms with Gasteiger partial charge in [0.2, 0.25) is 0 Å². The van der Waals surface area contributed by atoms with Crippen LogP contribution in [-0.4, -0.2) is 25.5 Å².